The van der Waals surface area contributed by atoms with Crippen LogP contribution >= 0.6 is 0 Å². The zero-order valence-corrected chi connectivity index (χ0v) is 15.8. The molecule has 0 aliphatic rings. The van der Waals surface area contributed by atoms with Crippen molar-refractivity contribution in [3.05, 3.63) is 90.3 Å². The van der Waals surface area contributed by atoms with Gasteiger partial charge in [0.25, 0.3) is 0 Å². The first kappa shape index (κ1) is 18.4. The number of para-hydroxylation sites is 1. The lowest BCUT2D eigenvalue weighted by molar-refractivity contribution is -0.114. The SMILES string of the molecule is CC(=O)Nc1ccc(Cc2nc(-c3ccc(Oc4ccccc4)cc3)no2)cc1. The Bertz CT molecular complexity index is 1090. The summed E-state index contributed by atoms with van der Waals surface area (Å²) in [6, 6.07) is 24.7. The Kier molecular flexibility index (Phi) is 5.33. The Balaban J connectivity index is 1.41. The molecule has 0 saturated carbocycles. The molecule has 0 bridgehead atoms. The van der Waals surface area contributed by atoms with Gasteiger partial charge in [-0.3, -0.25) is 4.79 Å². The maximum atomic E-state index is 11.1. The molecule has 144 valence electrons. The van der Waals surface area contributed by atoms with E-state index in [4.69, 9.17) is 9.26 Å². The van der Waals surface area contributed by atoms with E-state index in [-0.39, 0.29) is 5.91 Å². The van der Waals surface area contributed by atoms with Crippen LogP contribution in [0.4, 0.5) is 5.69 Å². The van der Waals surface area contributed by atoms with Gasteiger partial charge in [0.15, 0.2) is 0 Å². The van der Waals surface area contributed by atoms with Crippen molar-refractivity contribution in [3.63, 3.8) is 0 Å². The van der Waals surface area contributed by atoms with Crippen molar-refractivity contribution >= 4 is 11.6 Å². The van der Waals surface area contributed by atoms with Gasteiger partial charge in [-0.2, -0.15) is 4.98 Å². The van der Waals surface area contributed by atoms with E-state index in [2.05, 4.69) is 15.5 Å². The van der Waals surface area contributed by atoms with Crippen LogP contribution in [-0.4, -0.2) is 16.0 Å². The summed E-state index contributed by atoms with van der Waals surface area (Å²) < 4.78 is 11.2. The van der Waals surface area contributed by atoms with E-state index in [0.29, 0.717) is 18.1 Å². The quantitative estimate of drug-likeness (QED) is 0.501. The highest BCUT2D eigenvalue weighted by Gasteiger charge is 2.10. The molecule has 3 aromatic carbocycles. The minimum atomic E-state index is -0.0977. The van der Waals surface area contributed by atoms with Crippen molar-refractivity contribution in [1.82, 2.24) is 10.1 Å². The van der Waals surface area contributed by atoms with Gasteiger partial charge >= 0.3 is 0 Å². The van der Waals surface area contributed by atoms with E-state index in [0.717, 1.165) is 28.3 Å². The highest BCUT2D eigenvalue weighted by molar-refractivity contribution is 5.88. The average molecular weight is 385 g/mol. The lowest BCUT2D eigenvalue weighted by Crippen LogP contribution is -2.05. The Morgan fingerprint density at radius 1 is 0.931 bits per heavy atom. The molecule has 0 saturated heterocycles. The molecule has 0 radical (unpaired) electrons. The summed E-state index contributed by atoms with van der Waals surface area (Å²) in [4.78, 5) is 15.6. The van der Waals surface area contributed by atoms with E-state index in [9.17, 15) is 4.79 Å². The number of hydrogen-bond acceptors (Lipinski definition) is 5. The average Bonchev–Trinajstić information content (AvgIpc) is 3.19. The molecule has 6 nitrogen and oxygen atoms in total. The molecule has 0 fully saturated rings. The minimum Gasteiger partial charge on any atom is -0.457 e. The molecule has 0 spiro atoms. The van der Waals surface area contributed by atoms with Gasteiger partial charge in [-0.05, 0) is 54.1 Å². The van der Waals surface area contributed by atoms with Crippen molar-refractivity contribution in [1.29, 1.82) is 0 Å². The molecule has 1 heterocycles. The topological polar surface area (TPSA) is 77.2 Å². The number of rotatable bonds is 6. The fourth-order valence-corrected chi connectivity index (χ4v) is 2.82. The van der Waals surface area contributed by atoms with Crippen LogP contribution < -0.4 is 10.1 Å². The number of ether oxygens (including phenoxy) is 1. The number of carbonyl (C=O) groups excluding carboxylic acids is 1. The maximum Gasteiger partial charge on any atom is 0.231 e. The Labute approximate surface area is 168 Å². The van der Waals surface area contributed by atoms with Crippen molar-refractivity contribution in [3.8, 4) is 22.9 Å². The lowest BCUT2D eigenvalue weighted by Gasteiger charge is -2.05. The molecule has 4 rings (SSSR count). The predicted molar refractivity (Wildman–Crippen MR) is 110 cm³/mol. The van der Waals surface area contributed by atoms with Gasteiger partial charge < -0.3 is 14.6 Å². The minimum absolute atomic E-state index is 0.0977. The number of carbonyl (C=O) groups is 1. The Morgan fingerprint density at radius 3 is 2.31 bits per heavy atom. The van der Waals surface area contributed by atoms with Crippen molar-refractivity contribution in [2.75, 3.05) is 5.32 Å². The predicted octanol–water partition coefficient (Wildman–Crippen LogP) is 5.08. The van der Waals surface area contributed by atoms with Crippen molar-refractivity contribution in [2.45, 2.75) is 13.3 Å². The largest absolute Gasteiger partial charge is 0.457 e. The molecule has 1 N–H and O–H groups in total. The van der Waals surface area contributed by atoms with Crippen LogP contribution in [0.5, 0.6) is 11.5 Å². The molecule has 0 atom stereocenters. The zero-order chi connectivity index (χ0) is 20.1. The van der Waals surface area contributed by atoms with Crippen LogP contribution in [0.1, 0.15) is 18.4 Å². The second kappa shape index (κ2) is 8.39. The lowest BCUT2D eigenvalue weighted by atomic mass is 10.1. The van der Waals surface area contributed by atoms with Crippen molar-refractivity contribution < 1.29 is 14.1 Å². The number of nitrogens with zero attached hydrogens (tertiary/aromatic N) is 2. The first-order valence-corrected chi connectivity index (χ1v) is 9.18. The third-order valence-electron chi connectivity index (χ3n) is 4.19. The molecule has 0 aliphatic heterocycles. The van der Waals surface area contributed by atoms with E-state index in [1.165, 1.54) is 6.92 Å². The smallest absolute Gasteiger partial charge is 0.231 e. The van der Waals surface area contributed by atoms with E-state index < -0.39 is 0 Å². The second-order valence-corrected chi connectivity index (χ2v) is 6.51. The fraction of sp³-hybridized carbons (Fsp3) is 0.0870. The standard InChI is InChI=1S/C23H19N3O3/c1-16(27)24-19-11-7-17(8-12-19)15-22-25-23(26-29-22)18-9-13-21(14-10-18)28-20-5-3-2-4-6-20/h2-14H,15H2,1H3,(H,24,27). The van der Waals surface area contributed by atoms with Gasteiger partial charge in [0, 0.05) is 18.2 Å². The summed E-state index contributed by atoms with van der Waals surface area (Å²) in [5.41, 5.74) is 2.62. The first-order chi connectivity index (χ1) is 14.2. The summed E-state index contributed by atoms with van der Waals surface area (Å²) >= 11 is 0. The fourth-order valence-electron chi connectivity index (χ4n) is 2.82. The molecule has 1 amide bonds. The molecule has 0 unspecified atom stereocenters. The number of amides is 1. The van der Waals surface area contributed by atoms with Gasteiger partial charge in [0.2, 0.25) is 17.6 Å². The molecule has 29 heavy (non-hydrogen) atoms. The highest BCUT2D eigenvalue weighted by Crippen LogP contribution is 2.24. The third-order valence-corrected chi connectivity index (χ3v) is 4.19. The number of hydrogen-bond donors (Lipinski definition) is 1. The molecule has 4 aromatic rings. The number of anilines is 1. The molecular weight excluding hydrogens is 366 g/mol. The summed E-state index contributed by atoms with van der Waals surface area (Å²) in [6.45, 7) is 1.48. The van der Waals surface area contributed by atoms with Crippen molar-refractivity contribution in [2.24, 2.45) is 0 Å². The maximum absolute atomic E-state index is 11.1. The van der Waals surface area contributed by atoms with Gasteiger partial charge in [0.05, 0.1) is 6.42 Å². The third kappa shape index (κ3) is 4.87. The molecular formula is C23H19N3O3. The van der Waals surface area contributed by atoms with Crippen LogP contribution in [0.3, 0.4) is 0 Å². The Hall–Kier alpha value is -3.93. The van der Waals surface area contributed by atoms with Crippen LogP contribution in [0.2, 0.25) is 0 Å². The summed E-state index contributed by atoms with van der Waals surface area (Å²) in [6.07, 6.45) is 0.516. The summed E-state index contributed by atoms with van der Waals surface area (Å²) in [7, 11) is 0. The van der Waals surface area contributed by atoms with Crippen LogP contribution in [0.15, 0.2) is 83.4 Å². The van der Waals surface area contributed by atoms with Gasteiger partial charge in [-0.25, -0.2) is 0 Å². The molecule has 1 aromatic heterocycles. The monoisotopic (exact) mass is 385 g/mol. The van der Waals surface area contributed by atoms with Gasteiger partial charge in [-0.15, -0.1) is 0 Å². The second-order valence-electron chi connectivity index (χ2n) is 6.51. The highest BCUT2D eigenvalue weighted by atomic mass is 16.5. The normalized spacial score (nSPS) is 10.5. The summed E-state index contributed by atoms with van der Waals surface area (Å²) in [5.74, 6) is 2.48. The van der Waals surface area contributed by atoms with Crippen LogP contribution in [0, 0.1) is 0 Å². The number of aromatic nitrogens is 2. The van der Waals surface area contributed by atoms with E-state index in [1.54, 1.807) is 0 Å². The molecule has 6 heteroatoms. The van der Waals surface area contributed by atoms with E-state index in [1.807, 2.05) is 78.9 Å². The van der Waals surface area contributed by atoms with Crippen LogP contribution in [0.25, 0.3) is 11.4 Å². The first-order valence-electron chi connectivity index (χ1n) is 9.18. The number of nitrogens with one attached hydrogen (secondary N) is 1. The van der Waals surface area contributed by atoms with Gasteiger partial charge in [-0.1, -0.05) is 35.5 Å². The zero-order valence-electron chi connectivity index (χ0n) is 15.8. The molecule has 0 aliphatic carbocycles. The van der Waals surface area contributed by atoms with Gasteiger partial charge in [0.1, 0.15) is 11.5 Å². The summed E-state index contributed by atoms with van der Waals surface area (Å²) in [5, 5.41) is 6.81. The Morgan fingerprint density at radius 2 is 1.62 bits per heavy atom. The number of benzene rings is 3. The van der Waals surface area contributed by atoms with E-state index >= 15 is 0 Å². The van der Waals surface area contributed by atoms with Crippen LogP contribution in [-0.2, 0) is 11.2 Å².